The highest BCUT2D eigenvalue weighted by Gasteiger charge is 2.17. The van der Waals surface area contributed by atoms with Gasteiger partial charge < -0.3 is 10.1 Å². The molecule has 0 atom stereocenters. The van der Waals surface area contributed by atoms with Crippen LogP contribution in [0.25, 0.3) is 10.9 Å². The predicted molar refractivity (Wildman–Crippen MR) is 58.3 cm³/mol. The molecule has 0 aliphatic carbocycles. The molecule has 0 radical (unpaired) electrons. The van der Waals surface area contributed by atoms with Gasteiger partial charge in [-0.25, -0.2) is 0 Å². The largest absolute Gasteiger partial charge is 0.384 e. The minimum Gasteiger partial charge on any atom is -0.384 e. The van der Waals surface area contributed by atoms with Crippen LogP contribution >= 0.6 is 0 Å². The molecule has 1 heterocycles. The molecule has 0 fully saturated rings. The standard InChI is InChI=1S/C12H15NO/c1-8-4-5-9-7-11(12(2,3)14)13-10(9)6-8/h4-7,13-14H,1-3H3. The molecule has 0 amide bonds. The maximum Gasteiger partial charge on any atom is 0.0987 e. The van der Waals surface area contributed by atoms with E-state index >= 15 is 0 Å². The quantitative estimate of drug-likeness (QED) is 0.711. The smallest absolute Gasteiger partial charge is 0.0987 e. The SMILES string of the molecule is Cc1ccc2cc(C(C)(C)O)[nH]c2c1. The number of aryl methyl sites for hydroxylation is 1. The summed E-state index contributed by atoms with van der Waals surface area (Å²) in [7, 11) is 0. The molecular formula is C12H15NO. The van der Waals surface area contributed by atoms with Gasteiger partial charge in [0.2, 0.25) is 0 Å². The fourth-order valence-electron chi connectivity index (χ4n) is 1.57. The van der Waals surface area contributed by atoms with Crippen LogP contribution in [0.15, 0.2) is 24.3 Å². The molecule has 2 nitrogen and oxygen atoms in total. The van der Waals surface area contributed by atoms with Gasteiger partial charge in [0, 0.05) is 11.2 Å². The highest BCUT2D eigenvalue weighted by molar-refractivity contribution is 5.81. The number of nitrogens with one attached hydrogen (secondary N) is 1. The van der Waals surface area contributed by atoms with Gasteiger partial charge >= 0.3 is 0 Å². The van der Waals surface area contributed by atoms with E-state index in [-0.39, 0.29) is 0 Å². The molecule has 0 bridgehead atoms. The maximum absolute atomic E-state index is 9.83. The Labute approximate surface area is 83.6 Å². The lowest BCUT2D eigenvalue weighted by Gasteiger charge is -2.14. The average molecular weight is 189 g/mol. The van der Waals surface area contributed by atoms with Crippen LogP contribution in [0.3, 0.4) is 0 Å². The Balaban J connectivity index is 2.63. The highest BCUT2D eigenvalue weighted by Crippen LogP contribution is 2.24. The molecule has 1 aromatic heterocycles. The molecular weight excluding hydrogens is 174 g/mol. The van der Waals surface area contributed by atoms with Crippen molar-refractivity contribution < 1.29 is 5.11 Å². The first-order valence-corrected chi connectivity index (χ1v) is 4.79. The number of hydrogen-bond acceptors (Lipinski definition) is 1. The normalized spacial score (nSPS) is 12.3. The van der Waals surface area contributed by atoms with Crippen LogP contribution < -0.4 is 0 Å². The number of benzene rings is 1. The third-order valence-corrected chi connectivity index (χ3v) is 2.44. The molecule has 0 saturated carbocycles. The Morgan fingerprint density at radius 1 is 1.21 bits per heavy atom. The van der Waals surface area contributed by atoms with E-state index in [9.17, 15) is 5.11 Å². The van der Waals surface area contributed by atoms with Gasteiger partial charge in [-0.3, -0.25) is 0 Å². The average Bonchev–Trinajstić information content (AvgIpc) is 2.45. The number of aliphatic hydroxyl groups is 1. The molecule has 1 aromatic carbocycles. The summed E-state index contributed by atoms with van der Waals surface area (Å²) in [4.78, 5) is 3.23. The molecule has 14 heavy (non-hydrogen) atoms. The summed E-state index contributed by atoms with van der Waals surface area (Å²) in [5, 5.41) is 11.0. The van der Waals surface area contributed by atoms with Crippen molar-refractivity contribution in [3.8, 4) is 0 Å². The molecule has 2 N–H and O–H groups in total. The molecule has 74 valence electrons. The lowest BCUT2D eigenvalue weighted by Crippen LogP contribution is -2.15. The number of rotatable bonds is 1. The van der Waals surface area contributed by atoms with Crippen LogP contribution in [0.1, 0.15) is 25.1 Å². The van der Waals surface area contributed by atoms with Crippen molar-refractivity contribution in [2.45, 2.75) is 26.4 Å². The van der Waals surface area contributed by atoms with Crippen LogP contribution in [0.4, 0.5) is 0 Å². The Hall–Kier alpha value is -1.28. The van der Waals surface area contributed by atoms with Crippen LogP contribution in [0, 0.1) is 6.92 Å². The topological polar surface area (TPSA) is 36.0 Å². The van der Waals surface area contributed by atoms with Gasteiger partial charge in [-0.2, -0.15) is 0 Å². The highest BCUT2D eigenvalue weighted by atomic mass is 16.3. The van der Waals surface area contributed by atoms with Crippen LogP contribution in [0.2, 0.25) is 0 Å². The van der Waals surface area contributed by atoms with E-state index in [0.29, 0.717) is 0 Å². The summed E-state index contributed by atoms with van der Waals surface area (Å²) < 4.78 is 0. The summed E-state index contributed by atoms with van der Waals surface area (Å²) >= 11 is 0. The van der Waals surface area contributed by atoms with Gasteiger partial charge in [-0.05, 0) is 43.9 Å². The van der Waals surface area contributed by atoms with Gasteiger partial charge in [0.15, 0.2) is 0 Å². The second kappa shape index (κ2) is 2.85. The monoisotopic (exact) mass is 189 g/mol. The second-order valence-electron chi connectivity index (χ2n) is 4.33. The minimum absolute atomic E-state index is 0.799. The summed E-state index contributed by atoms with van der Waals surface area (Å²) in [6, 6.07) is 8.22. The van der Waals surface area contributed by atoms with E-state index in [1.165, 1.54) is 5.56 Å². The molecule has 0 aliphatic heterocycles. The zero-order chi connectivity index (χ0) is 10.3. The lowest BCUT2D eigenvalue weighted by molar-refractivity contribution is 0.0747. The van der Waals surface area contributed by atoms with Crippen molar-refractivity contribution in [1.82, 2.24) is 4.98 Å². The van der Waals surface area contributed by atoms with Crippen molar-refractivity contribution in [1.29, 1.82) is 0 Å². The van der Waals surface area contributed by atoms with E-state index < -0.39 is 5.60 Å². The maximum atomic E-state index is 9.83. The van der Waals surface area contributed by atoms with E-state index in [0.717, 1.165) is 16.6 Å². The Morgan fingerprint density at radius 3 is 2.57 bits per heavy atom. The van der Waals surface area contributed by atoms with Gasteiger partial charge in [-0.1, -0.05) is 12.1 Å². The minimum atomic E-state index is -0.799. The van der Waals surface area contributed by atoms with Gasteiger partial charge in [0.05, 0.1) is 5.60 Å². The first-order chi connectivity index (χ1) is 6.47. The van der Waals surface area contributed by atoms with Crippen LogP contribution in [-0.2, 0) is 5.60 Å². The molecule has 0 spiro atoms. The number of aromatic nitrogens is 1. The van der Waals surface area contributed by atoms with Crippen LogP contribution in [-0.4, -0.2) is 10.1 Å². The molecule has 0 aliphatic rings. The summed E-state index contributed by atoms with van der Waals surface area (Å²) in [5.74, 6) is 0. The van der Waals surface area contributed by atoms with Crippen molar-refractivity contribution in [3.63, 3.8) is 0 Å². The molecule has 0 saturated heterocycles. The predicted octanol–water partition coefficient (Wildman–Crippen LogP) is 2.70. The third kappa shape index (κ3) is 1.53. The Kier molecular flexibility index (Phi) is 1.89. The van der Waals surface area contributed by atoms with Crippen molar-refractivity contribution in [2.75, 3.05) is 0 Å². The molecule has 0 unspecified atom stereocenters. The second-order valence-corrected chi connectivity index (χ2v) is 4.33. The van der Waals surface area contributed by atoms with Gasteiger partial charge in [0.1, 0.15) is 0 Å². The van der Waals surface area contributed by atoms with Gasteiger partial charge in [-0.15, -0.1) is 0 Å². The summed E-state index contributed by atoms with van der Waals surface area (Å²) in [5.41, 5.74) is 2.37. The fraction of sp³-hybridized carbons (Fsp3) is 0.333. The van der Waals surface area contributed by atoms with E-state index in [2.05, 4.69) is 30.1 Å². The fourth-order valence-corrected chi connectivity index (χ4v) is 1.57. The number of aromatic amines is 1. The van der Waals surface area contributed by atoms with Crippen molar-refractivity contribution in [2.24, 2.45) is 0 Å². The Morgan fingerprint density at radius 2 is 1.93 bits per heavy atom. The summed E-state index contributed by atoms with van der Waals surface area (Å²) in [6.07, 6.45) is 0. The van der Waals surface area contributed by atoms with Crippen LogP contribution in [0.5, 0.6) is 0 Å². The lowest BCUT2D eigenvalue weighted by atomic mass is 10.1. The molecule has 2 aromatic rings. The first kappa shape index (κ1) is 9.28. The molecule has 2 heteroatoms. The van der Waals surface area contributed by atoms with Crippen molar-refractivity contribution in [3.05, 3.63) is 35.5 Å². The summed E-state index contributed by atoms with van der Waals surface area (Å²) in [6.45, 7) is 5.62. The van der Waals surface area contributed by atoms with Gasteiger partial charge in [0.25, 0.3) is 0 Å². The first-order valence-electron chi connectivity index (χ1n) is 4.79. The zero-order valence-corrected chi connectivity index (χ0v) is 8.76. The number of fused-ring (bicyclic) bond motifs is 1. The Bertz CT molecular complexity index is 463. The zero-order valence-electron chi connectivity index (χ0n) is 8.76. The third-order valence-electron chi connectivity index (χ3n) is 2.44. The number of hydrogen-bond donors (Lipinski definition) is 2. The molecule has 2 rings (SSSR count). The van der Waals surface area contributed by atoms with E-state index in [4.69, 9.17) is 0 Å². The van der Waals surface area contributed by atoms with Crippen molar-refractivity contribution >= 4 is 10.9 Å². The van der Waals surface area contributed by atoms with E-state index in [1.54, 1.807) is 13.8 Å². The van der Waals surface area contributed by atoms with E-state index in [1.807, 2.05) is 6.07 Å². The number of H-pyrrole nitrogens is 1.